The number of hydrogen-bond donors (Lipinski definition) is 0. The fraction of sp³-hybridized carbons (Fsp3) is 0.857. The van der Waals surface area contributed by atoms with Crippen molar-refractivity contribution in [1.29, 1.82) is 0 Å². The van der Waals surface area contributed by atoms with Gasteiger partial charge in [0.15, 0.2) is 0 Å². The maximum atomic E-state index is 10.6. The van der Waals surface area contributed by atoms with E-state index in [1.54, 1.807) is 11.8 Å². The summed E-state index contributed by atoms with van der Waals surface area (Å²) in [5.41, 5.74) is 0. The molecule has 0 aromatic heterocycles. The number of carbonyl (C=O) groups excluding carboxylic acids is 1. The fourth-order valence-electron chi connectivity index (χ4n) is 1.09. The van der Waals surface area contributed by atoms with E-state index in [-0.39, 0.29) is 4.75 Å². The molecule has 1 heterocycles. The predicted molar refractivity (Wildman–Crippen MR) is 42.4 cm³/mol. The highest BCUT2D eigenvalue weighted by Crippen LogP contribution is 2.31. The minimum atomic E-state index is -0.127. The van der Waals surface area contributed by atoms with Crippen LogP contribution in [0.15, 0.2) is 0 Å². The van der Waals surface area contributed by atoms with Crippen LogP contribution in [0.4, 0.5) is 0 Å². The summed E-state index contributed by atoms with van der Waals surface area (Å²) in [5, 5.41) is 0. The highest BCUT2D eigenvalue weighted by atomic mass is 32.2. The number of carbonyl (C=O) groups is 1. The summed E-state index contributed by atoms with van der Waals surface area (Å²) in [4.78, 5) is 10.6. The molecule has 0 amide bonds. The highest BCUT2D eigenvalue weighted by molar-refractivity contribution is 8.00. The lowest BCUT2D eigenvalue weighted by Gasteiger charge is -2.29. The second-order valence-corrected chi connectivity index (χ2v) is 3.72. The molecule has 0 atom stereocenters. The zero-order valence-corrected chi connectivity index (χ0v) is 6.95. The molecular weight excluding hydrogens is 148 g/mol. The lowest BCUT2D eigenvalue weighted by molar-refractivity contribution is -0.111. The molecule has 0 aromatic carbocycles. The van der Waals surface area contributed by atoms with Gasteiger partial charge in [0.05, 0.1) is 4.75 Å². The highest BCUT2D eigenvalue weighted by Gasteiger charge is 2.30. The van der Waals surface area contributed by atoms with Gasteiger partial charge < -0.3 is 9.53 Å². The molecular formula is C7H12O2S. The molecule has 0 aliphatic carbocycles. The Labute approximate surface area is 65.3 Å². The van der Waals surface area contributed by atoms with Gasteiger partial charge in [0.25, 0.3) is 0 Å². The Kier molecular flexibility index (Phi) is 2.74. The average Bonchev–Trinajstić information content (AvgIpc) is 2.06. The van der Waals surface area contributed by atoms with E-state index in [1.807, 2.05) is 6.26 Å². The summed E-state index contributed by atoms with van der Waals surface area (Å²) in [6, 6.07) is 0. The summed E-state index contributed by atoms with van der Waals surface area (Å²) < 4.78 is 5.03. The van der Waals surface area contributed by atoms with Crippen molar-refractivity contribution in [1.82, 2.24) is 0 Å². The van der Waals surface area contributed by atoms with Gasteiger partial charge in [-0.15, -0.1) is 0 Å². The zero-order chi connectivity index (χ0) is 7.45. The van der Waals surface area contributed by atoms with Crippen molar-refractivity contribution in [3.63, 3.8) is 0 Å². The third kappa shape index (κ3) is 1.52. The Morgan fingerprint density at radius 1 is 1.50 bits per heavy atom. The Morgan fingerprint density at radius 2 is 2.10 bits per heavy atom. The molecule has 2 nitrogen and oxygen atoms in total. The Balaban J connectivity index is 2.52. The van der Waals surface area contributed by atoms with E-state index in [4.69, 9.17) is 4.74 Å². The molecule has 1 aliphatic heterocycles. The maximum absolute atomic E-state index is 10.6. The van der Waals surface area contributed by atoms with E-state index in [0.717, 1.165) is 32.3 Å². The van der Waals surface area contributed by atoms with Gasteiger partial charge in [0, 0.05) is 13.2 Å². The smallest absolute Gasteiger partial charge is 0.136 e. The van der Waals surface area contributed by atoms with Crippen molar-refractivity contribution in [2.45, 2.75) is 17.6 Å². The molecule has 58 valence electrons. The van der Waals surface area contributed by atoms with Gasteiger partial charge in [-0.2, -0.15) is 11.8 Å². The van der Waals surface area contributed by atoms with Crippen LogP contribution >= 0.6 is 11.8 Å². The fourth-order valence-corrected chi connectivity index (χ4v) is 1.76. The van der Waals surface area contributed by atoms with Crippen molar-refractivity contribution < 1.29 is 9.53 Å². The topological polar surface area (TPSA) is 26.3 Å². The third-order valence-electron chi connectivity index (χ3n) is 1.96. The predicted octanol–water partition coefficient (Wildman–Crippen LogP) is 1.10. The summed E-state index contributed by atoms with van der Waals surface area (Å²) in [6.45, 7) is 1.47. The first kappa shape index (κ1) is 8.08. The second-order valence-electron chi connectivity index (χ2n) is 2.50. The molecule has 0 aromatic rings. The average molecular weight is 160 g/mol. The summed E-state index contributed by atoms with van der Waals surface area (Å²) in [6.07, 6.45) is 4.80. The van der Waals surface area contributed by atoms with Gasteiger partial charge in [-0.05, 0) is 19.1 Å². The SMILES string of the molecule is CSC1(C=O)CCOCC1. The standard InChI is InChI=1S/C7H12O2S/c1-10-7(6-8)2-4-9-5-3-7/h6H,2-5H2,1H3. The van der Waals surface area contributed by atoms with Crippen LogP contribution in [-0.2, 0) is 9.53 Å². The van der Waals surface area contributed by atoms with E-state index >= 15 is 0 Å². The van der Waals surface area contributed by atoms with Crippen LogP contribution in [-0.4, -0.2) is 30.5 Å². The summed E-state index contributed by atoms with van der Waals surface area (Å²) in [7, 11) is 0. The van der Waals surface area contributed by atoms with Gasteiger partial charge in [-0.3, -0.25) is 0 Å². The number of aldehydes is 1. The molecule has 10 heavy (non-hydrogen) atoms. The van der Waals surface area contributed by atoms with Crippen molar-refractivity contribution in [3.8, 4) is 0 Å². The van der Waals surface area contributed by atoms with Gasteiger partial charge in [0.1, 0.15) is 6.29 Å². The van der Waals surface area contributed by atoms with E-state index in [1.165, 1.54) is 0 Å². The molecule has 0 radical (unpaired) electrons. The number of thioether (sulfide) groups is 1. The number of rotatable bonds is 2. The van der Waals surface area contributed by atoms with Crippen LogP contribution in [0.2, 0.25) is 0 Å². The quantitative estimate of drug-likeness (QED) is 0.566. The van der Waals surface area contributed by atoms with Crippen LogP contribution in [0, 0.1) is 0 Å². The first-order valence-corrected chi connectivity index (χ1v) is 4.65. The number of hydrogen-bond acceptors (Lipinski definition) is 3. The van der Waals surface area contributed by atoms with Gasteiger partial charge in [-0.1, -0.05) is 0 Å². The molecule has 0 spiro atoms. The largest absolute Gasteiger partial charge is 0.381 e. The molecule has 0 unspecified atom stereocenters. The van der Waals surface area contributed by atoms with E-state index in [0.29, 0.717) is 0 Å². The van der Waals surface area contributed by atoms with Crippen LogP contribution in [0.1, 0.15) is 12.8 Å². The van der Waals surface area contributed by atoms with Crippen molar-refractivity contribution >= 4 is 18.0 Å². The zero-order valence-electron chi connectivity index (χ0n) is 6.13. The van der Waals surface area contributed by atoms with Gasteiger partial charge in [0.2, 0.25) is 0 Å². The van der Waals surface area contributed by atoms with Crippen molar-refractivity contribution in [2.75, 3.05) is 19.5 Å². The second kappa shape index (κ2) is 3.39. The third-order valence-corrected chi connectivity index (χ3v) is 3.28. The van der Waals surface area contributed by atoms with Crippen LogP contribution < -0.4 is 0 Å². The molecule has 0 saturated carbocycles. The van der Waals surface area contributed by atoms with Crippen LogP contribution in [0.5, 0.6) is 0 Å². The minimum Gasteiger partial charge on any atom is -0.381 e. The first-order chi connectivity index (χ1) is 4.83. The van der Waals surface area contributed by atoms with E-state index in [9.17, 15) is 4.79 Å². The van der Waals surface area contributed by atoms with Crippen molar-refractivity contribution in [3.05, 3.63) is 0 Å². The monoisotopic (exact) mass is 160 g/mol. The summed E-state index contributed by atoms with van der Waals surface area (Å²) >= 11 is 1.65. The maximum Gasteiger partial charge on any atom is 0.136 e. The summed E-state index contributed by atoms with van der Waals surface area (Å²) in [5.74, 6) is 0. The van der Waals surface area contributed by atoms with Gasteiger partial charge in [-0.25, -0.2) is 0 Å². The molecule has 1 saturated heterocycles. The normalized spacial score (nSPS) is 24.1. The Bertz CT molecular complexity index is 119. The van der Waals surface area contributed by atoms with Gasteiger partial charge >= 0.3 is 0 Å². The Hall–Kier alpha value is -0.0200. The van der Waals surface area contributed by atoms with Crippen LogP contribution in [0.25, 0.3) is 0 Å². The lowest BCUT2D eigenvalue weighted by Crippen LogP contribution is -2.34. The van der Waals surface area contributed by atoms with E-state index in [2.05, 4.69) is 0 Å². The van der Waals surface area contributed by atoms with E-state index < -0.39 is 0 Å². The molecule has 1 fully saturated rings. The molecule has 1 aliphatic rings. The van der Waals surface area contributed by atoms with Crippen LogP contribution in [0.3, 0.4) is 0 Å². The first-order valence-electron chi connectivity index (χ1n) is 3.42. The molecule has 1 rings (SSSR count). The molecule has 0 N–H and O–H groups in total. The number of ether oxygens (including phenoxy) is 1. The molecule has 3 heteroatoms. The lowest BCUT2D eigenvalue weighted by atomic mass is 10.0. The Morgan fingerprint density at radius 3 is 2.40 bits per heavy atom. The van der Waals surface area contributed by atoms with Crippen molar-refractivity contribution in [2.24, 2.45) is 0 Å². The molecule has 0 bridgehead atoms. The minimum absolute atomic E-state index is 0.127.